The summed E-state index contributed by atoms with van der Waals surface area (Å²) in [7, 11) is 0. The van der Waals surface area contributed by atoms with Crippen molar-refractivity contribution in [3.63, 3.8) is 0 Å². The number of aromatic nitrogens is 1. The molecule has 1 unspecified atom stereocenters. The average molecular weight is 357 g/mol. The fourth-order valence-electron chi connectivity index (χ4n) is 4.45. The highest BCUT2D eigenvalue weighted by atomic mass is 32.1. The van der Waals surface area contributed by atoms with Crippen molar-refractivity contribution in [3.8, 4) is 5.75 Å². The third kappa shape index (κ3) is 2.72. The van der Waals surface area contributed by atoms with E-state index in [0.29, 0.717) is 18.9 Å². The first-order chi connectivity index (χ1) is 12.2. The number of fused-ring (bicyclic) bond motifs is 3. The van der Waals surface area contributed by atoms with Crippen molar-refractivity contribution in [3.05, 3.63) is 23.2 Å². The summed E-state index contributed by atoms with van der Waals surface area (Å²) in [6.07, 6.45) is 3.21. The number of ether oxygens (including phenoxy) is 2. The van der Waals surface area contributed by atoms with Gasteiger partial charge in [-0.1, -0.05) is 0 Å². The summed E-state index contributed by atoms with van der Waals surface area (Å²) in [6, 6.07) is 6.10. The molecule has 3 saturated heterocycles. The lowest BCUT2D eigenvalue weighted by Crippen LogP contribution is -2.60. The van der Waals surface area contributed by atoms with Crippen LogP contribution in [0.1, 0.15) is 24.8 Å². The molecule has 25 heavy (non-hydrogen) atoms. The number of rotatable bonds is 4. The van der Waals surface area contributed by atoms with E-state index in [-0.39, 0.29) is 5.60 Å². The van der Waals surface area contributed by atoms with Gasteiger partial charge in [-0.3, -0.25) is 9.89 Å². The largest absolute Gasteiger partial charge is 0.494 e. The van der Waals surface area contributed by atoms with E-state index in [0.717, 1.165) is 40.0 Å². The smallest absolute Gasteiger partial charge is 0.191 e. The molecular formula is C19H23N3O2S. The normalized spacial score (nSPS) is 30.7. The van der Waals surface area contributed by atoms with E-state index in [2.05, 4.69) is 11.0 Å². The fourth-order valence-corrected chi connectivity index (χ4v) is 5.43. The Bertz CT molecular complexity index is 825. The predicted octanol–water partition coefficient (Wildman–Crippen LogP) is 3.13. The van der Waals surface area contributed by atoms with Crippen molar-refractivity contribution in [2.75, 3.05) is 32.8 Å². The van der Waals surface area contributed by atoms with Gasteiger partial charge in [-0.05, 0) is 51.1 Å². The van der Waals surface area contributed by atoms with Gasteiger partial charge >= 0.3 is 0 Å². The third-order valence-electron chi connectivity index (χ3n) is 5.68. The molecule has 0 N–H and O–H groups in total. The lowest BCUT2D eigenvalue weighted by atomic mass is 9.75. The summed E-state index contributed by atoms with van der Waals surface area (Å²) < 4.78 is 13.2. The quantitative estimate of drug-likeness (QED) is 0.843. The van der Waals surface area contributed by atoms with Crippen LogP contribution in [0, 0.1) is 5.92 Å². The second kappa shape index (κ2) is 5.95. The van der Waals surface area contributed by atoms with Crippen LogP contribution in [0.3, 0.4) is 0 Å². The Morgan fingerprint density at radius 1 is 1.36 bits per heavy atom. The minimum Gasteiger partial charge on any atom is -0.494 e. The van der Waals surface area contributed by atoms with Crippen LogP contribution in [0.2, 0.25) is 0 Å². The zero-order valence-electron chi connectivity index (χ0n) is 14.5. The molecule has 1 spiro atoms. The Labute approximate surface area is 151 Å². The van der Waals surface area contributed by atoms with Gasteiger partial charge in [0.2, 0.25) is 0 Å². The second-order valence-corrected chi connectivity index (χ2v) is 8.39. The van der Waals surface area contributed by atoms with Crippen molar-refractivity contribution in [1.29, 1.82) is 0 Å². The molecule has 4 aliphatic heterocycles. The molecule has 0 radical (unpaired) electrons. The Kier molecular flexibility index (Phi) is 3.71. The Morgan fingerprint density at radius 3 is 3.00 bits per heavy atom. The molecule has 5 heterocycles. The summed E-state index contributed by atoms with van der Waals surface area (Å²) in [5.74, 6) is 2.45. The first kappa shape index (κ1) is 15.6. The Morgan fingerprint density at radius 2 is 2.24 bits per heavy atom. The summed E-state index contributed by atoms with van der Waals surface area (Å²) in [4.78, 5) is 12.0. The van der Waals surface area contributed by atoms with Gasteiger partial charge in [0, 0.05) is 12.5 Å². The molecule has 4 aliphatic rings. The molecule has 0 saturated carbocycles. The lowest BCUT2D eigenvalue weighted by Gasteiger charge is -2.50. The first-order valence-corrected chi connectivity index (χ1v) is 10.0. The molecule has 2 aromatic rings. The van der Waals surface area contributed by atoms with E-state index in [1.54, 1.807) is 11.3 Å². The molecule has 2 bridgehead atoms. The van der Waals surface area contributed by atoms with Gasteiger partial charge in [-0.2, -0.15) is 0 Å². The van der Waals surface area contributed by atoms with Crippen LogP contribution in [-0.4, -0.2) is 54.2 Å². The molecule has 3 fully saturated rings. The van der Waals surface area contributed by atoms with Crippen molar-refractivity contribution in [2.24, 2.45) is 10.9 Å². The molecule has 1 atom stereocenters. The maximum atomic E-state index is 6.44. The van der Waals surface area contributed by atoms with Crippen LogP contribution in [0.25, 0.3) is 10.2 Å². The average Bonchev–Trinajstić information content (AvgIpc) is 3.20. The van der Waals surface area contributed by atoms with Gasteiger partial charge in [-0.25, -0.2) is 4.98 Å². The van der Waals surface area contributed by atoms with E-state index < -0.39 is 0 Å². The van der Waals surface area contributed by atoms with E-state index in [4.69, 9.17) is 19.5 Å². The molecular weight excluding hydrogens is 334 g/mol. The van der Waals surface area contributed by atoms with Crippen LogP contribution >= 0.6 is 11.3 Å². The van der Waals surface area contributed by atoms with Crippen LogP contribution in [-0.2, 0) is 11.2 Å². The maximum Gasteiger partial charge on any atom is 0.191 e. The van der Waals surface area contributed by atoms with Crippen LogP contribution in [0.15, 0.2) is 23.2 Å². The van der Waals surface area contributed by atoms with Gasteiger partial charge in [0.05, 0.1) is 29.8 Å². The zero-order chi connectivity index (χ0) is 16.9. The summed E-state index contributed by atoms with van der Waals surface area (Å²) in [5.41, 5.74) is 0.976. The molecule has 1 aromatic heterocycles. The van der Waals surface area contributed by atoms with Gasteiger partial charge in [0.25, 0.3) is 0 Å². The van der Waals surface area contributed by atoms with Gasteiger partial charge in [0.15, 0.2) is 5.90 Å². The number of thiazole rings is 1. The number of nitrogens with zero attached hydrogens (tertiary/aromatic N) is 3. The van der Waals surface area contributed by atoms with E-state index >= 15 is 0 Å². The highest BCUT2D eigenvalue weighted by Crippen LogP contribution is 2.41. The van der Waals surface area contributed by atoms with Gasteiger partial charge in [0.1, 0.15) is 16.4 Å². The van der Waals surface area contributed by atoms with Crippen LogP contribution in [0.4, 0.5) is 0 Å². The molecule has 6 rings (SSSR count). The molecule has 5 nitrogen and oxygen atoms in total. The predicted molar refractivity (Wildman–Crippen MR) is 99.8 cm³/mol. The lowest BCUT2D eigenvalue weighted by molar-refractivity contribution is -0.0837. The standard InChI is InChI=1S/C19H23N3O2S/c1-2-23-14-3-4-15-16(9-14)25-18(21-15)10-17-20-11-19(24-17)12-22-7-5-13(19)6-8-22/h3-4,9,13H,2,5-8,10-12H2,1H3. The van der Waals surface area contributed by atoms with Crippen molar-refractivity contribution < 1.29 is 9.47 Å². The summed E-state index contributed by atoms with van der Waals surface area (Å²) in [5, 5.41) is 1.07. The van der Waals surface area contributed by atoms with Crippen molar-refractivity contribution in [1.82, 2.24) is 9.88 Å². The maximum absolute atomic E-state index is 6.44. The molecule has 6 heteroatoms. The zero-order valence-corrected chi connectivity index (χ0v) is 15.3. The Hall–Kier alpha value is -1.66. The van der Waals surface area contributed by atoms with Gasteiger partial charge < -0.3 is 9.47 Å². The van der Waals surface area contributed by atoms with Crippen molar-refractivity contribution >= 4 is 27.5 Å². The monoisotopic (exact) mass is 357 g/mol. The third-order valence-corrected chi connectivity index (χ3v) is 6.70. The summed E-state index contributed by atoms with van der Waals surface area (Å²) >= 11 is 1.71. The molecule has 1 aromatic carbocycles. The van der Waals surface area contributed by atoms with Crippen LogP contribution < -0.4 is 4.74 Å². The molecule has 132 valence electrons. The first-order valence-electron chi connectivity index (χ1n) is 9.21. The van der Waals surface area contributed by atoms with Gasteiger partial charge in [-0.15, -0.1) is 11.3 Å². The molecule has 0 aliphatic carbocycles. The van der Waals surface area contributed by atoms with Crippen molar-refractivity contribution in [2.45, 2.75) is 31.8 Å². The number of aliphatic imine (C=N–C) groups is 1. The summed E-state index contributed by atoms with van der Waals surface area (Å²) in [6.45, 7) is 7.01. The number of hydrogen-bond acceptors (Lipinski definition) is 6. The number of benzene rings is 1. The van der Waals surface area contributed by atoms with Crippen LogP contribution in [0.5, 0.6) is 5.75 Å². The SMILES string of the molecule is CCOc1ccc2nc(CC3=NCC4(CN5CCC4CC5)O3)sc2c1. The Balaban J connectivity index is 1.32. The minimum atomic E-state index is -0.0509. The highest BCUT2D eigenvalue weighted by Gasteiger charge is 2.51. The number of piperidine rings is 3. The second-order valence-electron chi connectivity index (χ2n) is 7.27. The highest BCUT2D eigenvalue weighted by molar-refractivity contribution is 7.18. The minimum absolute atomic E-state index is 0.0509. The number of hydrogen-bond donors (Lipinski definition) is 0. The van der Waals surface area contributed by atoms with E-state index in [1.807, 2.05) is 19.1 Å². The fraction of sp³-hybridized carbons (Fsp3) is 0.579. The topological polar surface area (TPSA) is 47.0 Å². The van der Waals surface area contributed by atoms with E-state index in [9.17, 15) is 0 Å². The van der Waals surface area contributed by atoms with E-state index in [1.165, 1.54) is 25.9 Å². The molecule has 0 amide bonds.